The molecule has 0 radical (unpaired) electrons. The molecule has 8 nitrogen and oxygen atoms in total. The van der Waals surface area contributed by atoms with E-state index in [1.807, 2.05) is 7.05 Å². The van der Waals surface area contributed by atoms with Crippen molar-refractivity contribution in [1.82, 2.24) is 14.7 Å². The Morgan fingerprint density at radius 3 is 2.36 bits per heavy atom. The van der Waals surface area contributed by atoms with Crippen molar-refractivity contribution in [2.24, 2.45) is 0 Å². The number of nitrogens with zero attached hydrogens (tertiary/aromatic N) is 3. The van der Waals surface area contributed by atoms with Crippen molar-refractivity contribution in [3.8, 4) is 0 Å². The molecule has 9 heteroatoms. The third-order valence-electron chi connectivity index (χ3n) is 4.65. The molecular formula is C19H21N3O5S. The summed E-state index contributed by atoms with van der Waals surface area (Å²) in [6, 6.07) is 6.49. The molecule has 28 heavy (non-hydrogen) atoms. The van der Waals surface area contributed by atoms with Gasteiger partial charge in [-0.3, -0.25) is 19.3 Å². The number of likely N-dealkylation sites (N-methyl/N-ethyl adjacent to an activating group) is 1. The standard InChI is InChI=1S/C19H21N3O5S/c1-20-7-9-21(10-8-20)16(23)12-22-17(24)15(28-19(22)26)11-13-3-5-14(6-4-13)18(25)27-2/h3-6,11H,7-10,12H2,1-2H3/b15-11-. The molecule has 0 bridgehead atoms. The predicted molar refractivity (Wildman–Crippen MR) is 105 cm³/mol. The van der Waals surface area contributed by atoms with E-state index in [0.717, 1.165) is 29.8 Å². The minimum Gasteiger partial charge on any atom is -0.465 e. The molecule has 1 aromatic carbocycles. The zero-order chi connectivity index (χ0) is 20.3. The Kier molecular flexibility index (Phi) is 6.15. The zero-order valence-electron chi connectivity index (χ0n) is 15.7. The highest BCUT2D eigenvalue weighted by atomic mass is 32.2. The molecule has 3 amide bonds. The van der Waals surface area contributed by atoms with Crippen LogP contribution in [-0.4, -0.2) is 84.6 Å². The summed E-state index contributed by atoms with van der Waals surface area (Å²) in [4.78, 5) is 53.7. The first-order valence-corrected chi connectivity index (χ1v) is 9.61. The van der Waals surface area contributed by atoms with Crippen LogP contribution < -0.4 is 0 Å². The van der Waals surface area contributed by atoms with Crippen molar-refractivity contribution >= 4 is 40.9 Å². The number of ether oxygens (including phenoxy) is 1. The summed E-state index contributed by atoms with van der Waals surface area (Å²) in [5, 5.41) is -0.454. The largest absolute Gasteiger partial charge is 0.465 e. The molecule has 0 N–H and O–H groups in total. The van der Waals surface area contributed by atoms with Gasteiger partial charge >= 0.3 is 5.97 Å². The summed E-state index contributed by atoms with van der Waals surface area (Å²) in [5.41, 5.74) is 1.06. The van der Waals surface area contributed by atoms with Crippen molar-refractivity contribution in [3.63, 3.8) is 0 Å². The molecule has 2 aliphatic heterocycles. The number of hydrogen-bond donors (Lipinski definition) is 0. The van der Waals surface area contributed by atoms with Crippen LogP contribution in [0.3, 0.4) is 0 Å². The van der Waals surface area contributed by atoms with E-state index in [1.165, 1.54) is 7.11 Å². The van der Waals surface area contributed by atoms with Gasteiger partial charge in [-0.15, -0.1) is 0 Å². The molecule has 1 aromatic rings. The highest BCUT2D eigenvalue weighted by Gasteiger charge is 2.37. The Hall–Kier alpha value is -2.65. The van der Waals surface area contributed by atoms with E-state index in [4.69, 9.17) is 0 Å². The fourth-order valence-corrected chi connectivity index (χ4v) is 3.75. The van der Waals surface area contributed by atoms with Crippen LogP contribution in [0.1, 0.15) is 15.9 Å². The van der Waals surface area contributed by atoms with Crippen LogP contribution in [0.4, 0.5) is 4.79 Å². The molecule has 2 heterocycles. The summed E-state index contributed by atoms with van der Waals surface area (Å²) in [6.45, 7) is 2.49. The van der Waals surface area contributed by atoms with Crippen molar-refractivity contribution < 1.29 is 23.9 Å². The van der Waals surface area contributed by atoms with Crippen molar-refractivity contribution in [3.05, 3.63) is 40.3 Å². The molecule has 0 unspecified atom stereocenters. The summed E-state index contributed by atoms with van der Waals surface area (Å²) >= 11 is 0.809. The van der Waals surface area contributed by atoms with Gasteiger partial charge in [0.25, 0.3) is 11.1 Å². The molecule has 0 spiro atoms. The molecule has 0 atom stereocenters. The smallest absolute Gasteiger partial charge is 0.337 e. The second-order valence-electron chi connectivity index (χ2n) is 6.57. The van der Waals surface area contributed by atoms with E-state index in [9.17, 15) is 19.2 Å². The topological polar surface area (TPSA) is 87.2 Å². The SMILES string of the molecule is COC(=O)c1ccc(/C=C2\SC(=O)N(CC(=O)N3CCN(C)CC3)C2=O)cc1. The second-order valence-corrected chi connectivity index (χ2v) is 7.56. The van der Waals surface area contributed by atoms with E-state index in [-0.39, 0.29) is 17.4 Å². The van der Waals surface area contributed by atoms with Crippen molar-refractivity contribution in [2.75, 3.05) is 46.9 Å². The van der Waals surface area contributed by atoms with E-state index in [1.54, 1.807) is 35.2 Å². The van der Waals surface area contributed by atoms with E-state index < -0.39 is 17.1 Å². The number of benzene rings is 1. The van der Waals surface area contributed by atoms with E-state index >= 15 is 0 Å². The molecule has 3 rings (SSSR count). The quantitative estimate of drug-likeness (QED) is 0.553. The summed E-state index contributed by atoms with van der Waals surface area (Å²) < 4.78 is 4.65. The first kappa shape index (κ1) is 20.1. The van der Waals surface area contributed by atoms with Gasteiger partial charge in [-0.05, 0) is 42.6 Å². The van der Waals surface area contributed by atoms with Crippen LogP contribution in [0.25, 0.3) is 6.08 Å². The summed E-state index contributed by atoms with van der Waals surface area (Å²) in [5.74, 6) is -1.15. The number of esters is 1. The first-order chi connectivity index (χ1) is 13.4. The molecule has 0 aliphatic carbocycles. The number of hydrogen-bond acceptors (Lipinski definition) is 7. The van der Waals surface area contributed by atoms with Gasteiger partial charge in [0.1, 0.15) is 6.54 Å². The van der Waals surface area contributed by atoms with Crippen LogP contribution in [0.15, 0.2) is 29.2 Å². The van der Waals surface area contributed by atoms with Gasteiger partial charge in [0.05, 0.1) is 17.6 Å². The maximum atomic E-state index is 12.6. The zero-order valence-corrected chi connectivity index (χ0v) is 16.5. The van der Waals surface area contributed by atoms with Crippen LogP contribution in [-0.2, 0) is 14.3 Å². The lowest BCUT2D eigenvalue weighted by molar-refractivity contribution is -0.137. The van der Waals surface area contributed by atoms with Gasteiger partial charge in [0.15, 0.2) is 0 Å². The molecule has 2 aliphatic rings. The van der Waals surface area contributed by atoms with Gasteiger partial charge < -0.3 is 14.5 Å². The van der Waals surface area contributed by atoms with Crippen molar-refractivity contribution in [2.45, 2.75) is 0 Å². The van der Waals surface area contributed by atoms with Gasteiger partial charge in [0.2, 0.25) is 5.91 Å². The predicted octanol–water partition coefficient (Wildman–Crippen LogP) is 1.28. The third kappa shape index (κ3) is 4.42. The van der Waals surface area contributed by atoms with Gasteiger partial charge in [-0.2, -0.15) is 0 Å². The monoisotopic (exact) mass is 403 g/mol. The Morgan fingerprint density at radius 2 is 1.75 bits per heavy atom. The van der Waals surface area contributed by atoms with E-state index in [0.29, 0.717) is 24.2 Å². The average Bonchev–Trinajstić information content (AvgIpc) is 2.95. The maximum Gasteiger partial charge on any atom is 0.337 e. The minimum absolute atomic E-state index is 0.223. The number of carbonyl (C=O) groups is 4. The molecule has 2 saturated heterocycles. The van der Waals surface area contributed by atoms with Crippen LogP contribution >= 0.6 is 11.8 Å². The normalized spacial score (nSPS) is 19.4. The maximum absolute atomic E-state index is 12.6. The Labute approximate surface area is 167 Å². The van der Waals surface area contributed by atoms with Crippen LogP contribution in [0.5, 0.6) is 0 Å². The lowest BCUT2D eigenvalue weighted by Crippen LogP contribution is -2.50. The van der Waals surface area contributed by atoms with Crippen molar-refractivity contribution in [1.29, 1.82) is 0 Å². The van der Waals surface area contributed by atoms with E-state index in [2.05, 4.69) is 9.64 Å². The Balaban J connectivity index is 1.66. The van der Waals surface area contributed by atoms with Gasteiger partial charge in [0, 0.05) is 26.2 Å². The van der Waals surface area contributed by atoms with Crippen LogP contribution in [0, 0.1) is 0 Å². The fourth-order valence-electron chi connectivity index (χ4n) is 2.91. The average molecular weight is 403 g/mol. The highest BCUT2D eigenvalue weighted by Crippen LogP contribution is 2.32. The number of amides is 3. The van der Waals surface area contributed by atoms with Crippen LogP contribution in [0.2, 0.25) is 0 Å². The Bertz CT molecular complexity index is 828. The van der Waals surface area contributed by atoms with Gasteiger partial charge in [-0.25, -0.2) is 4.79 Å². The van der Waals surface area contributed by atoms with Gasteiger partial charge in [-0.1, -0.05) is 12.1 Å². The molecule has 2 fully saturated rings. The highest BCUT2D eigenvalue weighted by molar-refractivity contribution is 8.18. The minimum atomic E-state index is -0.477. The second kappa shape index (κ2) is 8.57. The lowest BCUT2D eigenvalue weighted by Gasteiger charge is -2.33. The molecule has 0 aromatic heterocycles. The number of methoxy groups -OCH3 is 1. The number of thioether (sulfide) groups is 1. The molecular weight excluding hydrogens is 382 g/mol. The lowest BCUT2D eigenvalue weighted by atomic mass is 10.1. The number of imide groups is 1. The summed E-state index contributed by atoms with van der Waals surface area (Å²) in [7, 11) is 3.29. The fraction of sp³-hybridized carbons (Fsp3) is 0.368. The first-order valence-electron chi connectivity index (χ1n) is 8.79. The summed E-state index contributed by atoms with van der Waals surface area (Å²) in [6.07, 6.45) is 1.58. The third-order valence-corrected chi connectivity index (χ3v) is 5.56. The molecule has 0 saturated carbocycles. The number of rotatable bonds is 4. The number of carbonyl (C=O) groups excluding carboxylic acids is 4. The number of piperazine rings is 1. The molecule has 148 valence electrons. The Morgan fingerprint density at radius 1 is 1.11 bits per heavy atom.